The van der Waals surface area contributed by atoms with Gasteiger partial charge in [-0.25, -0.2) is 4.98 Å². The molecule has 1 aliphatic rings. The Labute approximate surface area is 115 Å². The summed E-state index contributed by atoms with van der Waals surface area (Å²) >= 11 is 1.77. The number of piperidine rings is 1. The van der Waals surface area contributed by atoms with Gasteiger partial charge in [0, 0.05) is 24.2 Å². The molecule has 4 heteroatoms. The second-order valence-electron chi connectivity index (χ2n) is 5.64. The standard InChI is InChI=1S/C14H25N3S/c1-4-7-15-12-6-5-9-17(11-12)14(2,3)13-16-8-10-18-13/h8,10,12,15H,4-7,9,11H2,1-3H3. The van der Waals surface area contributed by atoms with Crippen molar-refractivity contribution in [1.82, 2.24) is 15.2 Å². The molecule has 0 amide bonds. The molecule has 18 heavy (non-hydrogen) atoms. The van der Waals surface area contributed by atoms with Crippen LogP contribution >= 0.6 is 11.3 Å². The van der Waals surface area contributed by atoms with E-state index >= 15 is 0 Å². The topological polar surface area (TPSA) is 28.2 Å². The molecule has 1 fully saturated rings. The van der Waals surface area contributed by atoms with Gasteiger partial charge in [0.2, 0.25) is 0 Å². The lowest BCUT2D eigenvalue weighted by molar-refractivity contribution is 0.0759. The van der Waals surface area contributed by atoms with Gasteiger partial charge >= 0.3 is 0 Å². The summed E-state index contributed by atoms with van der Waals surface area (Å²) in [6, 6.07) is 0.651. The van der Waals surface area contributed by atoms with Crippen molar-refractivity contribution in [2.24, 2.45) is 0 Å². The number of aromatic nitrogens is 1. The van der Waals surface area contributed by atoms with Gasteiger partial charge in [0.05, 0.1) is 5.54 Å². The third-order valence-corrected chi connectivity index (χ3v) is 4.94. The maximum atomic E-state index is 4.51. The second-order valence-corrected chi connectivity index (χ2v) is 6.53. The molecule has 2 heterocycles. The van der Waals surface area contributed by atoms with Crippen LogP contribution in [0.2, 0.25) is 0 Å². The van der Waals surface area contributed by atoms with Crippen molar-refractivity contribution in [3.8, 4) is 0 Å². The molecule has 102 valence electrons. The van der Waals surface area contributed by atoms with E-state index in [1.807, 2.05) is 6.20 Å². The van der Waals surface area contributed by atoms with Gasteiger partial charge < -0.3 is 5.32 Å². The number of nitrogens with zero attached hydrogens (tertiary/aromatic N) is 2. The lowest BCUT2D eigenvalue weighted by atomic mass is 9.97. The van der Waals surface area contributed by atoms with Gasteiger partial charge in [0.25, 0.3) is 0 Å². The summed E-state index contributed by atoms with van der Waals surface area (Å²) < 4.78 is 0. The van der Waals surface area contributed by atoms with Crippen LogP contribution in [0.5, 0.6) is 0 Å². The Balaban J connectivity index is 1.99. The molecular formula is C14H25N3S. The zero-order chi connectivity index (χ0) is 13.0. The summed E-state index contributed by atoms with van der Waals surface area (Å²) in [4.78, 5) is 7.09. The number of thiazole rings is 1. The smallest absolute Gasteiger partial charge is 0.112 e. The van der Waals surface area contributed by atoms with E-state index in [0.717, 1.165) is 13.1 Å². The van der Waals surface area contributed by atoms with Gasteiger partial charge in [-0.1, -0.05) is 6.92 Å². The van der Waals surface area contributed by atoms with Crippen molar-refractivity contribution >= 4 is 11.3 Å². The minimum Gasteiger partial charge on any atom is -0.313 e. The minimum absolute atomic E-state index is 0.0702. The highest BCUT2D eigenvalue weighted by molar-refractivity contribution is 7.09. The third kappa shape index (κ3) is 3.11. The number of hydrogen-bond donors (Lipinski definition) is 1. The summed E-state index contributed by atoms with van der Waals surface area (Å²) in [6.07, 6.45) is 5.73. The number of nitrogens with one attached hydrogen (secondary N) is 1. The fraction of sp³-hybridized carbons (Fsp3) is 0.786. The molecule has 0 saturated carbocycles. The molecular weight excluding hydrogens is 242 g/mol. The lowest BCUT2D eigenvalue weighted by Crippen LogP contribution is -2.52. The average molecular weight is 267 g/mol. The Hall–Kier alpha value is -0.450. The van der Waals surface area contributed by atoms with E-state index in [9.17, 15) is 0 Å². The van der Waals surface area contributed by atoms with Crippen LogP contribution in [-0.4, -0.2) is 35.6 Å². The first kappa shape index (κ1) is 14.0. The molecule has 0 spiro atoms. The summed E-state index contributed by atoms with van der Waals surface area (Å²) in [5, 5.41) is 6.97. The van der Waals surface area contributed by atoms with Crippen LogP contribution in [-0.2, 0) is 5.54 Å². The first-order chi connectivity index (χ1) is 8.64. The van der Waals surface area contributed by atoms with Crippen molar-refractivity contribution in [2.45, 2.75) is 51.6 Å². The van der Waals surface area contributed by atoms with Crippen molar-refractivity contribution in [1.29, 1.82) is 0 Å². The molecule has 1 N–H and O–H groups in total. The Bertz CT molecular complexity index is 348. The zero-order valence-electron chi connectivity index (χ0n) is 11.8. The van der Waals surface area contributed by atoms with E-state index < -0.39 is 0 Å². The first-order valence-electron chi connectivity index (χ1n) is 7.03. The van der Waals surface area contributed by atoms with Gasteiger partial charge in [-0.3, -0.25) is 4.90 Å². The first-order valence-corrected chi connectivity index (χ1v) is 7.91. The predicted molar refractivity (Wildman–Crippen MR) is 78.0 cm³/mol. The Morgan fingerprint density at radius 2 is 2.39 bits per heavy atom. The van der Waals surface area contributed by atoms with E-state index in [-0.39, 0.29) is 5.54 Å². The van der Waals surface area contributed by atoms with Gasteiger partial charge in [0.15, 0.2) is 0 Å². The zero-order valence-corrected chi connectivity index (χ0v) is 12.6. The molecule has 0 bridgehead atoms. The molecule has 3 nitrogen and oxygen atoms in total. The van der Waals surface area contributed by atoms with Crippen LogP contribution < -0.4 is 5.32 Å². The van der Waals surface area contributed by atoms with Gasteiger partial charge in [0.1, 0.15) is 5.01 Å². The highest BCUT2D eigenvalue weighted by Gasteiger charge is 2.34. The van der Waals surface area contributed by atoms with Crippen LogP contribution in [0.1, 0.15) is 45.0 Å². The largest absolute Gasteiger partial charge is 0.313 e. The van der Waals surface area contributed by atoms with Crippen molar-refractivity contribution in [2.75, 3.05) is 19.6 Å². The fourth-order valence-electron chi connectivity index (χ4n) is 2.66. The van der Waals surface area contributed by atoms with Crippen molar-refractivity contribution in [3.63, 3.8) is 0 Å². The maximum absolute atomic E-state index is 4.51. The van der Waals surface area contributed by atoms with E-state index in [0.29, 0.717) is 6.04 Å². The highest BCUT2D eigenvalue weighted by atomic mass is 32.1. The average Bonchev–Trinajstić information content (AvgIpc) is 2.91. The van der Waals surface area contributed by atoms with E-state index in [1.165, 1.54) is 30.8 Å². The molecule has 1 aromatic heterocycles. The Morgan fingerprint density at radius 1 is 1.56 bits per heavy atom. The van der Waals surface area contributed by atoms with Crippen LogP contribution in [0.3, 0.4) is 0 Å². The molecule has 1 unspecified atom stereocenters. The predicted octanol–water partition coefficient (Wildman–Crippen LogP) is 2.84. The third-order valence-electron chi connectivity index (χ3n) is 3.85. The van der Waals surface area contributed by atoms with Crippen molar-refractivity contribution in [3.05, 3.63) is 16.6 Å². The van der Waals surface area contributed by atoms with E-state index in [1.54, 1.807) is 11.3 Å². The van der Waals surface area contributed by atoms with Crippen LogP contribution in [0, 0.1) is 0 Å². The Kier molecular flexibility index (Phi) is 4.76. The molecule has 0 aliphatic carbocycles. The summed E-state index contributed by atoms with van der Waals surface area (Å²) in [7, 11) is 0. The number of hydrogen-bond acceptors (Lipinski definition) is 4. The fourth-order valence-corrected chi connectivity index (χ4v) is 3.45. The van der Waals surface area contributed by atoms with Crippen LogP contribution in [0.25, 0.3) is 0 Å². The van der Waals surface area contributed by atoms with Crippen molar-refractivity contribution < 1.29 is 0 Å². The van der Waals surface area contributed by atoms with Crippen LogP contribution in [0.15, 0.2) is 11.6 Å². The molecule has 1 atom stereocenters. The Morgan fingerprint density at radius 3 is 3.06 bits per heavy atom. The monoisotopic (exact) mass is 267 g/mol. The summed E-state index contributed by atoms with van der Waals surface area (Å²) in [5.74, 6) is 0. The quantitative estimate of drug-likeness (QED) is 0.889. The minimum atomic E-state index is 0.0702. The normalized spacial score (nSPS) is 22.3. The summed E-state index contributed by atoms with van der Waals surface area (Å²) in [5.41, 5.74) is 0.0702. The molecule has 1 aromatic rings. The SMILES string of the molecule is CCCNC1CCCN(C(C)(C)c2nccs2)C1. The van der Waals surface area contributed by atoms with E-state index in [4.69, 9.17) is 0 Å². The molecule has 0 aromatic carbocycles. The maximum Gasteiger partial charge on any atom is 0.112 e. The number of rotatable bonds is 5. The number of likely N-dealkylation sites (tertiary alicyclic amines) is 1. The lowest BCUT2D eigenvalue weighted by Gasteiger charge is -2.42. The summed E-state index contributed by atoms with van der Waals surface area (Å²) in [6.45, 7) is 10.3. The van der Waals surface area contributed by atoms with E-state index in [2.05, 4.69) is 41.4 Å². The molecule has 1 saturated heterocycles. The van der Waals surface area contributed by atoms with Gasteiger partial charge in [-0.05, 0) is 46.2 Å². The van der Waals surface area contributed by atoms with Gasteiger partial charge in [-0.15, -0.1) is 11.3 Å². The molecule has 2 rings (SSSR count). The van der Waals surface area contributed by atoms with Crippen LogP contribution in [0.4, 0.5) is 0 Å². The second kappa shape index (κ2) is 6.13. The molecule has 0 radical (unpaired) electrons. The highest BCUT2D eigenvalue weighted by Crippen LogP contribution is 2.31. The van der Waals surface area contributed by atoms with Gasteiger partial charge in [-0.2, -0.15) is 0 Å². The molecule has 1 aliphatic heterocycles.